The average Bonchev–Trinajstić information content (AvgIpc) is 3.12. The van der Waals surface area contributed by atoms with E-state index in [-0.39, 0.29) is 13.2 Å². The second-order valence-electron chi connectivity index (χ2n) is 6.66. The van der Waals surface area contributed by atoms with Crippen LogP contribution in [0.1, 0.15) is 23.2 Å². The minimum atomic E-state index is -3.72. The molecule has 9 heteroatoms. The smallest absolute Gasteiger partial charge is 0.332 e. The fourth-order valence-electron chi connectivity index (χ4n) is 3.22. The van der Waals surface area contributed by atoms with E-state index in [4.69, 9.17) is 32.2 Å². The molecule has 1 aliphatic heterocycles. The lowest BCUT2D eigenvalue weighted by atomic mass is 10.1. The molecule has 2 aromatic carbocycles. The molecule has 1 unspecified atom stereocenters. The zero-order valence-corrected chi connectivity index (χ0v) is 18.9. The summed E-state index contributed by atoms with van der Waals surface area (Å²) in [5.74, 6) is -0.483. The number of hydrogen-bond acceptors (Lipinski definition) is 5. The zero-order chi connectivity index (χ0) is 21.1. The lowest BCUT2D eigenvalue weighted by Gasteiger charge is -2.29. The number of fused-ring (bicyclic) bond motifs is 1. The maximum absolute atomic E-state index is 13.5. The van der Waals surface area contributed by atoms with Crippen molar-refractivity contribution in [2.45, 2.75) is 12.1 Å². The summed E-state index contributed by atoms with van der Waals surface area (Å²) in [6.07, 6.45) is 3.79. The van der Waals surface area contributed by atoms with Gasteiger partial charge in [-0.15, -0.1) is 11.3 Å². The molecule has 1 atom stereocenters. The number of rotatable bonds is 5. The van der Waals surface area contributed by atoms with Crippen LogP contribution in [0.3, 0.4) is 0 Å². The third-order valence-corrected chi connectivity index (χ3v) is 8.44. The molecule has 4 rings (SSSR count). The largest absolute Gasteiger partial charge is 0.347 e. The lowest BCUT2D eigenvalue weighted by molar-refractivity contribution is -0.120. The van der Waals surface area contributed by atoms with E-state index in [1.165, 1.54) is 17.5 Å². The number of nitrogens with one attached hydrogen (secondary N) is 1. The summed E-state index contributed by atoms with van der Waals surface area (Å²) >= 11 is 13.8. The van der Waals surface area contributed by atoms with Crippen LogP contribution in [0.5, 0.6) is 0 Å². The van der Waals surface area contributed by atoms with Crippen molar-refractivity contribution in [3.63, 3.8) is 0 Å². The Kier molecular flexibility index (Phi) is 6.63. The third kappa shape index (κ3) is 4.50. The van der Waals surface area contributed by atoms with Gasteiger partial charge in [0.1, 0.15) is 0 Å². The van der Waals surface area contributed by atoms with E-state index in [2.05, 4.69) is 5.32 Å². The van der Waals surface area contributed by atoms with Crippen molar-refractivity contribution in [2.24, 2.45) is 0 Å². The molecule has 0 saturated carbocycles. The van der Waals surface area contributed by atoms with E-state index in [0.29, 0.717) is 22.0 Å². The Balaban J connectivity index is 1.68. The van der Waals surface area contributed by atoms with E-state index < -0.39 is 19.2 Å². The fourth-order valence-corrected chi connectivity index (χ4v) is 6.71. The Morgan fingerprint density at radius 1 is 1.17 bits per heavy atom. The van der Waals surface area contributed by atoms with Crippen LogP contribution >= 0.6 is 42.1 Å². The van der Waals surface area contributed by atoms with Gasteiger partial charge >= 0.3 is 7.60 Å². The van der Waals surface area contributed by atoms with E-state index in [9.17, 15) is 9.36 Å². The summed E-state index contributed by atoms with van der Waals surface area (Å²) < 4.78 is 25.5. The van der Waals surface area contributed by atoms with E-state index in [1.807, 2.05) is 29.6 Å². The monoisotopic (exact) mass is 481 g/mol. The maximum Gasteiger partial charge on any atom is 0.347 e. The van der Waals surface area contributed by atoms with Gasteiger partial charge in [-0.2, -0.15) is 0 Å². The van der Waals surface area contributed by atoms with Crippen LogP contribution in [0.2, 0.25) is 10.0 Å². The first-order chi connectivity index (χ1) is 14.5. The second kappa shape index (κ2) is 9.23. The predicted octanol–water partition coefficient (Wildman–Crippen LogP) is 6.67. The molecule has 1 aromatic heterocycles. The molecular formula is C21H18Cl2NO4PS. The highest BCUT2D eigenvalue weighted by molar-refractivity contribution is 7.55. The molecule has 1 N–H and O–H groups in total. The highest BCUT2D eigenvalue weighted by Crippen LogP contribution is 2.63. The predicted molar refractivity (Wildman–Crippen MR) is 122 cm³/mol. The van der Waals surface area contributed by atoms with Gasteiger partial charge in [-0.05, 0) is 58.7 Å². The first-order valence-electron chi connectivity index (χ1n) is 9.25. The Hall–Kier alpha value is -1.66. The highest BCUT2D eigenvalue weighted by atomic mass is 35.5. The van der Waals surface area contributed by atoms with Gasteiger partial charge in [0.05, 0.1) is 13.2 Å². The van der Waals surface area contributed by atoms with Crippen molar-refractivity contribution >= 4 is 64.2 Å². The number of carbonyl (C=O) groups is 1. The summed E-state index contributed by atoms with van der Waals surface area (Å²) in [5.41, 5.74) is 0.216. The van der Waals surface area contributed by atoms with Crippen LogP contribution in [0, 0.1) is 0 Å². The summed E-state index contributed by atoms with van der Waals surface area (Å²) in [7, 11) is -3.72. The van der Waals surface area contributed by atoms with Crippen LogP contribution in [-0.2, 0) is 18.4 Å². The number of halogens is 2. The number of thiophene rings is 1. The summed E-state index contributed by atoms with van der Waals surface area (Å²) in [4.78, 5) is 13.2. The Labute approximate surface area is 188 Å². The standard InChI is InChI=1S/C21H18Cl2NO4PS/c22-15-6-7-19-16(12-15)17(13-30-19)20(29(26)27-10-3-11-28-29)21(25)24-9-8-14-4-1-2-5-18(14)23/h1-2,4-9,12-13,20H,3,10-11H2,(H,24,25)/b9-8+. The molecule has 1 fully saturated rings. The van der Waals surface area contributed by atoms with Gasteiger partial charge in [-0.25, -0.2) is 0 Å². The van der Waals surface area contributed by atoms with Crippen LogP contribution in [-0.4, -0.2) is 19.1 Å². The molecule has 1 saturated heterocycles. The number of hydrogen-bond donors (Lipinski definition) is 1. The minimum Gasteiger partial charge on any atom is -0.332 e. The van der Waals surface area contributed by atoms with Gasteiger partial charge in [0.25, 0.3) is 0 Å². The molecule has 30 heavy (non-hydrogen) atoms. The molecule has 1 aliphatic rings. The van der Waals surface area contributed by atoms with Gasteiger partial charge in [0.2, 0.25) is 5.91 Å². The first kappa shape index (κ1) is 21.6. The van der Waals surface area contributed by atoms with Crippen molar-refractivity contribution in [3.05, 3.63) is 75.2 Å². The maximum atomic E-state index is 13.5. The number of benzene rings is 2. The highest BCUT2D eigenvalue weighted by Gasteiger charge is 2.45. The molecule has 0 spiro atoms. The second-order valence-corrected chi connectivity index (χ2v) is 10.5. The van der Waals surface area contributed by atoms with Crippen LogP contribution in [0.4, 0.5) is 0 Å². The quantitative estimate of drug-likeness (QED) is 0.413. The molecule has 156 valence electrons. The number of amides is 1. The minimum absolute atomic E-state index is 0.277. The van der Waals surface area contributed by atoms with Crippen LogP contribution in [0.25, 0.3) is 16.2 Å². The van der Waals surface area contributed by atoms with Gasteiger partial charge in [0.15, 0.2) is 5.66 Å². The zero-order valence-electron chi connectivity index (χ0n) is 15.7. The normalized spacial score (nSPS) is 17.3. The van der Waals surface area contributed by atoms with E-state index in [1.54, 1.807) is 24.3 Å². The van der Waals surface area contributed by atoms with Crippen molar-refractivity contribution < 1.29 is 18.4 Å². The molecule has 0 aliphatic carbocycles. The van der Waals surface area contributed by atoms with Crippen LogP contribution < -0.4 is 5.32 Å². The fraction of sp³-hybridized carbons (Fsp3) is 0.190. The average molecular weight is 482 g/mol. The Morgan fingerprint density at radius 3 is 2.70 bits per heavy atom. The Bertz CT molecular complexity index is 1150. The molecule has 2 heterocycles. The van der Waals surface area contributed by atoms with Crippen molar-refractivity contribution in [3.8, 4) is 0 Å². The van der Waals surface area contributed by atoms with Crippen molar-refractivity contribution in [2.75, 3.05) is 13.2 Å². The van der Waals surface area contributed by atoms with Crippen molar-refractivity contribution in [1.29, 1.82) is 0 Å². The van der Waals surface area contributed by atoms with Gasteiger partial charge in [0, 0.05) is 20.9 Å². The number of carbonyl (C=O) groups excluding carboxylic acids is 1. The summed E-state index contributed by atoms with van der Waals surface area (Å²) in [5, 5.41) is 6.37. The van der Waals surface area contributed by atoms with E-state index >= 15 is 0 Å². The molecule has 0 bridgehead atoms. The molecule has 3 aromatic rings. The van der Waals surface area contributed by atoms with Gasteiger partial charge in [-0.1, -0.05) is 41.4 Å². The topological polar surface area (TPSA) is 64.6 Å². The molecule has 5 nitrogen and oxygen atoms in total. The van der Waals surface area contributed by atoms with E-state index in [0.717, 1.165) is 15.6 Å². The van der Waals surface area contributed by atoms with Crippen molar-refractivity contribution in [1.82, 2.24) is 5.32 Å². The molecular weight excluding hydrogens is 464 g/mol. The lowest BCUT2D eigenvalue weighted by Crippen LogP contribution is -2.28. The first-order valence-corrected chi connectivity index (χ1v) is 12.5. The summed E-state index contributed by atoms with van der Waals surface area (Å²) in [6, 6.07) is 12.7. The summed E-state index contributed by atoms with van der Waals surface area (Å²) in [6.45, 7) is 0.554. The SMILES string of the molecule is O=C(N/C=C/c1ccccc1Cl)C(c1csc2ccc(Cl)cc12)P1(=O)OCCCO1. The Morgan fingerprint density at radius 2 is 1.93 bits per heavy atom. The van der Waals surface area contributed by atoms with Gasteiger partial charge < -0.3 is 14.4 Å². The van der Waals surface area contributed by atoms with Crippen LogP contribution in [0.15, 0.2) is 54.0 Å². The van der Waals surface area contributed by atoms with Gasteiger partial charge in [-0.3, -0.25) is 9.36 Å². The third-order valence-electron chi connectivity index (χ3n) is 4.65. The molecule has 0 radical (unpaired) electrons. The molecule has 1 amide bonds.